The van der Waals surface area contributed by atoms with E-state index in [-0.39, 0.29) is 17.6 Å². The molecule has 5 nitrogen and oxygen atoms in total. The molecule has 1 aromatic heterocycles. The Morgan fingerprint density at radius 2 is 1.54 bits per heavy atom. The second-order valence-corrected chi connectivity index (χ2v) is 8.71. The van der Waals surface area contributed by atoms with Crippen LogP contribution >= 0.6 is 22.9 Å². The number of rotatable bonds is 4. The van der Waals surface area contributed by atoms with E-state index in [4.69, 9.17) is 11.6 Å². The fraction of sp³-hybridized carbons (Fsp3) is 0.429. The van der Waals surface area contributed by atoms with Crippen LogP contribution in [0.2, 0.25) is 5.02 Å². The van der Waals surface area contributed by atoms with Gasteiger partial charge in [0.05, 0.1) is 4.88 Å². The summed E-state index contributed by atoms with van der Waals surface area (Å²) in [6, 6.07) is 11.0. The van der Waals surface area contributed by atoms with Crippen molar-refractivity contribution in [1.29, 1.82) is 0 Å². The number of piperazine rings is 1. The van der Waals surface area contributed by atoms with Gasteiger partial charge in [0.25, 0.3) is 5.91 Å². The third kappa shape index (κ3) is 4.30. The van der Waals surface area contributed by atoms with Gasteiger partial charge in [-0.1, -0.05) is 17.7 Å². The second kappa shape index (κ2) is 8.74. The van der Waals surface area contributed by atoms with Crippen LogP contribution in [-0.4, -0.2) is 65.9 Å². The molecule has 0 radical (unpaired) electrons. The van der Waals surface area contributed by atoms with Crippen LogP contribution in [0, 0.1) is 5.92 Å². The lowest BCUT2D eigenvalue weighted by Gasteiger charge is -2.43. The smallest absolute Gasteiger partial charge is 0.264 e. The molecule has 0 bridgehead atoms. The van der Waals surface area contributed by atoms with E-state index in [0.717, 1.165) is 62.6 Å². The fourth-order valence-electron chi connectivity index (χ4n) is 4.00. The molecule has 0 atom stereocenters. The molecular formula is C21H24ClN3O2S. The van der Waals surface area contributed by atoms with Crippen molar-refractivity contribution >= 4 is 34.6 Å². The third-order valence-corrected chi connectivity index (χ3v) is 6.76. The van der Waals surface area contributed by atoms with Crippen molar-refractivity contribution in [2.75, 3.05) is 39.3 Å². The topological polar surface area (TPSA) is 43.9 Å². The molecule has 2 fully saturated rings. The quantitative estimate of drug-likeness (QED) is 0.712. The number of hydrazine groups is 1. The molecule has 1 aromatic carbocycles. The highest BCUT2D eigenvalue weighted by Crippen LogP contribution is 2.24. The zero-order valence-corrected chi connectivity index (χ0v) is 17.3. The Labute approximate surface area is 174 Å². The van der Waals surface area contributed by atoms with E-state index in [9.17, 15) is 9.59 Å². The van der Waals surface area contributed by atoms with Crippen molar-refractivity contribution in [2.24, 2.45) is 5.92 Å². The van der Waals surface area contributed by atoms with Gasteiger partial charge in [-0.2, -0.15) is 0 Å². The van der Waals surface area contributed by atoms with Crippen LogP contribution in [0.3, 0.4) is 0 Å². The number of thiophene rings is 1. The number of nitrogens with zero attached hydrogens (tertiary/aromatic N) is 3. The van der Waals surface area contributed by atoms with E-state index in [2.05, 4.69) is 10.0 Å². The van der Waals surface area contributed by atoms with E-state index >= 15 is 0 Å². The van der Waals surface area contributed by atoms with E-state index in [0.29, 0.717) is 5.02 Å². The number of hydrogen-bond acceptors (Lipinski definition) is 5. The SMILES string of the molecule is O=C(c1ccc(Cl)cc1)C1CCN(N2CCN(C(=O)c3cccs3)CC2)CC1. The number of amides is 1. The second-order valence-electron chi connectivity index (χ2n) is 7.32. The molecule has 3 heterocycles. The van der Waals surface area contributed by atoms with Gasteiger partial charge in [-0.3, -0.25) is 9.59 Å². The summed E-state index contributed by atoms with van der Waals surface area (Å²) in [6.07, 6.45) is 1.74. The Bertz CT molecular complexity index is 809. The Balaban J connectivity index is 1.26. The lowest BCUT2D eigenvalue weighted by Crippen LogP contribution is -2.56. The summed E-state index contributed by atoms with van der Waals surface area (Å²) in [5.41, 5.74) is 0.753. The number of hydrogen-bond donors (Lipinski definition) is 0. The molecule has 2 saturated heterocycles. The van der Waals surface area contributed by atoms with Gasteiger partial charge in [0, 0.05) is 55.8 Å². The summed E-state index contributed by atoms with van der Waals surface area (Å²) < 4.78 is 0. The molecule has 2 aliphatic rings. The minimum Gasteiger partial charge on any atom is -0.335 e. The molecule has 4 rings (SSSR count). The molecule has 0 spiro atoms. The summed E-state index contributed by atoms with van der Waals surface area (Å²) in [7, 11) is 0. The summed E-state index contributed by atoms with van der Waals surface area (Å²) in [5, 5.41) is 7.31. The van der Waals surface area contributed by atoms with Crippen LogP contribution in [0.1, 0.15) is 32.9 Å². The summed E-state index contributed by atoms with van der Waals surface area (Å²) in [6.45, 7) is 4.99. The predicted molar refractivity (Wildman–Crippen MR) is 112 cm³/mol. The van der Waals surface area contributed by atoms with Crippen LogP contribution in [0.15, 0.2) is 41.8 Å². The first-order chi connectivity index (χ1) is 13.6. The van der Waals surface area contributed by atoms with Crippen molar-refractivity contribution in [3.8, 4) is 0 Å². The van der Waals surface area contributed by atoms with E-state index < -0.39 is 0 Å². The largest absolute Gasteiger partial charge is 0.335 e. The van der Waals surface area contributed by atoms with Gasteiger partial charge in [0.15, 0.2) is 5.78 Å². The molecule has 2 aliphatic heterocycles. The maximum atomic E-state index is 12.7. The first-order valence-corrected chi connectivity index (χ1v) is 11.0. The monoisotopic (exact) mass is 417 g/mol. The molecule has 0 aliphatic carbocycles. The Hall–Kier alpha value is -1.73. The number of benzene rings is 1. The van der Waals surface area contributed by atoms with Gasteiger partial charge >= 0.3 is 0 Å². The van der Waals surface area contributed by atoms with Crippen molar-refractivity contribution in [3.05, 3.63) is 57.2 Å². The molecular weight excluding hydrogens is 394 g/mol. The lowest BCUT2D eigenvalue weighted by atomic mass is 9.89. The minimum absolute atomic E-state index is 0.0825. The van der Waals surface area contributed by atoms with Crippen LogP contribution in [0.4, 0.5) is 0 Å². The Morgan fingerprint density at radius 3 is 2.14 bits per heavy atom. The summed E-state index contributed by atoms with van der Waals surface area (Å²) in [5.74, 6) is 0.448. The highest BCUT2D eigenvalue weighted by molar-refractivity contribution is 7.12. The van der Waals surface area contributed by atoms with E-state index in [1.54, 1.807) is 12.1 Å². The zero-order valence-electron chi connectivity index (χ0n) is 15.7. The maximum absolute atomic E-state index is 12.7. The number of halogens is 1. The van der Waals surface area contributed by atoms with Crippen molar-refractivity contribution < 1.29 is 9.59 Å². The third-order valence-electron chi connectivity index (χ3n) is 5.65. The number of carbonyl (C=O) groups is 2. The maximum Gasteiger partial charge on any atom is 0.264 e. The number of ketones is 1. The Kier molecular flexibility index (Phi) is 6.11. The Morgan fingerprint density at radius 1 is 0.893 bits per heavy atom. The zero-order chi connectivity index (χ0) is 19.5. The molecule has 148 valence electrons. The highest BCUT2D eigenvalue weighted by Gasteiger charge is 2.31. The first kappa shape index (κ1) is 19.6. The predicted octanol–water partition coefficient (Wildman–Crippen LogP) is 3.67. The molecule has 0 saturated carbocycles. The van der Waals surface area contributed by atoms with Crippen LogP contribution in [0.5, 0.6) is 0 Å². The van der Waals surface area contributed by atoms with Gasteiger partial charge < -0.3 is 4.90 Å². The molecule has 28 heavy (non-hydrogen) atoms. The number of carbonyl (C=O) groups excluding carboxylic acids is 2. The molecule has 7 heteroatoms. The first-order valence-electron chi connectivity index (χ1n) is 9.74. The van der Waals surface area contributed by atoms with Gasteiger partial charge in [0.1, 0.15) is 0 Å². The standard InChI is InChI=1S/C21H24ClN3O2S/c22-18-5-3-16(4-6-18)20(26)17-7-9-24(10-8-17)25-13-11-23(12-14-25)21(27)19-2-1-15-28-19/h1-6,15,17H,7-14H2. The van der Waals surface area contributed by atoms with Crippen molar-refractivity contribution in [1.82, 2.24) is 14.9 Å². The highest BCUT2D eigenvalue weighted by atomic mass is 35.5. The molecule has 0 unspecified atom stereocenters. The van der Waals surface area contributed by atoms with Gasteiger partial charge in [0.2, 0.25) is 0 Å². The van der Waals surface area contributed by atoms with E-state index in [1.165, 1.54) is 11.3 Å². The number of piperidine rings is 1. The fourth-order valence-corrected chi connectivity index (χ4v) is 4.82. The van der Waals surface area contributed by atoms with Gasteiger partial charge in [-0.05, 0) is 48.6 Å². The summed E-state index contributed by atoms with van der Waals surface area (Å²) in [4.78, 5) is 27.9. The molecule has 2 aromatic rings. The molecule has 1 amide bonds. The molecule has 0 N–H and O–H groups in total. The average molecular weight is 418 g/mol. The average Bonchev–Trinajstić information content (AvgIpc) is 3.28. The summed E-state index contributed by atoms with van der Waals surface area (Å²) >= 11 is 7.42. The van der Waals surface area contributed by atoms with Crippen molar-refractivity contribution in [2.45, 2.75) is 12.8 Å². The van der Waals surface area contributed by atoms with Crippen LogP contribution < -0.4 is 0 Å². The van der Waals surface area contributed by atoms with Crippen LogP contribution in [0.25, 0.3) is 0 Å². The van der Waals surface area contributed by atoms with Gasteiger partial charge in [-0.25, -0.2) is 10.0 Å². The van der Waals surface area contributed by atoms with Crippen molar-refractivity contribution in [3.63, 3.8) is 0 Å². The van der Waals surface area contributed by atoms with Crippen LogP contribution in [-0.2, 0) is 0 Å². The lowest BCUT2D eigenvalue weighted by molar-refractivity contribution is -0.0690. The normalized spacial score (nSPS) is 19.7. The van der Waals surface area contributed by atoms with E-state index in [1.807, 2.05) is 34.5 Å². The number of Topliss-reactive ketones (excluding diaryl/α,β-unsaturated/α-hetero) is 1. The van der Waals surface area contributed by atoms with Gasteiger partial charge in [-0.15, -0.1) is 11.3 Å². The minimum atomic E-state index is 0.0825.